The summed E-state index contributed by atoms with van der Waals surface area (Å²) in [5, 5.41) is 2.31. The van der Waals surface area contributed by atoms with Crippen LogP contribution in [0.5, 0.6) is 0 Å². The molecule has 8 heteroatoms. The third kappa shape index (κ3) is 4.22. The molecule has 0 atom stereocenters. The number of rotatable bonds is 3. The van der Waals surface area contributed by atoms with Gasteiger partial charge in [-0.15, -0.1) is 0 Å². The van der Waals surface area contributed by atoms with Gasteiger partial charge in [-0.1, -0.05) is 12.1 Å². The molecule has 0 aliphatic carbocycles. The Bertz CT molecular complexity index is 1060. The van der Waals surface area contributed by atoms with Crippen LogP contribution in [0.2, 0.25) is 0 Å². The van der Waals surface area contributed by atoms with Crippen LogP contribution < -0.4 is 10.9 Å². The van der Waals surface area contributed by atoms with Gasteiger partial charge in [0.25, 0.3) is 5.91 Å². The van der Waals surface area contributed by atoms with Gasteiger partial charge in [0.05, 0.1) is 5.56 Å². The van der Waals surface area contributed by atoms with Gasteiger partial charge in [0.15, 0.2) is 0 Å². The maximum atomic E-state index is 13.3. The molecule has 0 radical (unpaired) electrons. The molecule has 138 valence electrons. The van der Waals surface area contributed by atoms with Crippen LogP contribution in [0.15, 0.2) is 65.6 Å². The summed E-state index contributed by atoms with van der Waals surface area (Å²) in [4.78, 5) is 26.2. The number of aromatic amines is 1. The number of hydrogen-bond acceptors (Lipinski definition) is 2. The third-order valence-corrected chi connectivity index (χ3v) is 3.76. The molecule has 0 unspecified atom stereocenters. The first-order valence-electron chi connectivity index (χ1n) is 7.71. The third-order valence-electron chi connectivity index (χ3n) is 3.76. The molecule has 0 bridgehead atoms. The van der Waals surface area contributed by atoms with Gasteiger partial charge in [-0.05, 0) is 47.5 Å². The first-order chi connectivity index (χ1) is 12.7. The number of H-pyrrole nitrogens is 1. The average Bonchev–Trinajstić information content (AvgIpc) is 2.62. The van der Waals surface area contributed by atoms with E-state index >= 15 is 0 Å². The largest absolute Gasteiger partial charge is 0.419 e. The van der Waals surface area contributed by atoms with E-state index < -0.39 is 23.5 Å². The fourth-order valence-electron chi connectivity index (χ4n) is 2.49. The number of amides is 1. The number of anilines is 1. The fourth-order valence-corrected chi connectivity index (χ4v) is 2.49. The highest BCUT2D eigenvalue weighted by atomic mass is 19.4. The number of aromatic nitrogens is 1. The van der Waals surface area contributed by atoms with Gasteiger partial charge in [-0.2, -0.15) is 13.2 Å². The molecule has 2 aromatic carbocycles. The van der Waals surface area contributed by atoms with Crippen molar-refractivity contribution in [2.75, 3.05) is 5.32 Å². The van der Waals surface area contributed by atoms with Crippen LogP contribution in [0, 0.1) is 5.82 Å². The van der Waals surface area contributed by atoms with E-state index in [-0.39, 0.29) is 16.8 Å². The Morgan fingerprint density at radius 1 is 0.963 bits per heavy atom. The zero-order valence-electron chi connectivity index (χ0n) is 13.6. The number of carbonyl (C=O) groups is 1. The Hall–Kier alpha value is -3.42. The molecule has 0 saturated carbocycles. The lowest BCUT2D eigenvalue weighted by molar-refractivity contribution is -0.139. The predicted molar refractivity (Wildman–Crippen MR) is 91.9 cm³/mol. The number of nitrogens with one attached hydrogen (secondary N) is 2. The molecule has 0 spiro atoms. The summed E-state index contributed by atoms with van der Waals surface area (Å²) in [6, 6.07) is 11.5. The number of pyridine rings is 1. The number of carbonyl (C=O) groups excluding carboxylic acids is 1. The summed E-state index contributed by atoms with van der Waals surface area (Å²) in [7, 11) is 0. The summed E-state index contributed by atoms with van der Waals surface area (Å²) < 4.78 is 51.7. The molecule has 3 aromatic rings. The van der Waals surface area contributed by atoms with Crippen molar-refractivity contribution in [3.05, 3.63) is 88.1 Å². The van der Waals surface area contributed by atoms with Crippen LogP contribution in [-0.4, -0.2) is 10.9 Å². The second-order valence-corrected chi connectivity index (χ2v) is 5.67. The minimum atomic E-state index is -4.87. The van der Waals surface area contributed by atoms with Crippen LogP contribution in [0.25, 0.3) is 11.1 Å². The topological polar surface area (TPSA) is 62.0 Å². The monoisotopic (exact) mass is 376 g/mol. The lowest BCUT2D eigenvalue weighted by atomic mass is 10.0. The van der Waals surface area contributed by atoms with E-state index in [4.69, 9.17) is 0 Å². The molecule has 3 rings (SSSR count). The zero-order valence-corrected chi connectivity index (χ0v) is 13.6. The maximum absolute atomic E-state index is 13.3. The van der Waals surface area contributed by atoms with Gasteiger partial charge in [0.2, 0.25) is 5.56 Å². The van der Waals surface area contributed by atoms with E-state index in [1.54, 1.807) is 18.2 Å². The van der Waals surface area contributed by atoms with Crippen LogP contribution in [-0.2, 0) is 6.18 Å². The molecule has 0 saturated heterocycles. The highest BCUT2D eigenvalue weighted by Crippen LogP contribution is 2.33. The summed E-state index contributed by atoms with van der Waals surface area (Å²) in [5.41, 5.74) is -0.620. The molecule has 1 heterocycles. The Morgan fingerprint density at radius 2 is 1.70 bits per heavy atom. The average molecular weight is 376 g/mol. The number of alkyl halides is 3. The van der Waals surface area contributed by atoms with Gasteiger partial charge in [0.1, 0.15) is 5.82 Å². The van der Waals surface area contributed by atoms with Crippen LogP contribution in [0.3, 0.4) is 0 Å². The van der Waals surface area contributed by atoms with Crippen molar-refractivity contribution in [1.82, 2.24) is 4.98 Å². The van der Waals surface area contributed by atoms with Crippen molar-refractivity contribution < 1.29 is 22.4 Å². The quantitative estimate of drug-likeness (QED) is 0.664. The first kappa shape index (κ1) is 18.4. The molecule has 0 fully saturated rings. The first-order valence-corrected chi connectivity index (χ1v) is 7.71. The Kier molecular flexibility index (Phi) is 4.81. The highest BCUT2D eigenvalue weighted by Gasteiger charge is 2.34. The van der Waals surface area contributed by atoms with Crippen molar-refractivity contribution in [2.24, 2.45) is 0 Å². The van der Waals surface area contributed by atoms with E-state index in [9.17, 15) is 27.2 Å². The second kappa shape index (κ2) is 7.06. The molecule has 0 aliphatic heterocycles. The van der Waals surface area contributed by atoms with Gasteiger partial charge >= 0.3 is 6.18 Å². The summed E-state index contributed by atoms with van der Waals surface area (Å²) >= 11 is 0. The van der Waals surface area contributed by atoms with E-state index in [2.05, 4.69) is 10.3 Å². The standard InChI is InChI=1S/C19H12F4N2O2/c20-16-5-4-14(10-15(16)19(21,22)23)25-18(27)13-3-1-2-11(8-13)12-6-7-24-17(26)9-12/h1-10H,(H,24,26)(H,25,27). The Morgan fingerprint density at radius 3 is 2.41 bits per heavy atom. The minimum Gasteiger partial charge on any atom is -0.329 e. The molecule has 2 N–H and O–H groups in total. The SMILES string of the molecule is O=C(Nc1ccc(F)c(C(F)(F)F)c1)c1cccc(-c2cc[nH]c(=O)c2)c1. The normalized spacial score (nSPS) is 11.3. The minimum absolute atomic E-state index is 0.172. The number of benzene rings is 2. The molecule has 27 heavy (non-hydrogen) atoms. The molecular formula is C19H12F4N2O2. The summed E-state index contributed by atoms with van der Waals surface area (Å²) in [6.07, 6.45) is -3.41. The van der Waals surface area contributed by atoms with E-state index in [0.29, 0.717) is 23.3 Å². The predicted octanol–water partition coefficient (Wildman–Crippen LogP) is 4.45. The van der Waals surface area contributed by atoms with Gasteiger partial charge < -0.3 is 10.3 Å². The van der Waals surface area contributed by atoms with Crippen molar-refractivity contribution in [1.29, 1.82) is 0 Å². The van der Waals surface area contributed by atoms with Crippen LogP contribution >= 0.6 is 0 Å². The van der Waals surface area contributed by atoms with Gasteiger partial charge in [-0.3, -0.25) is 9.59 Å². The molecule has 1 amide bonds. The molecule has 0 aliphatic rings. The zero-order chi connectivity index (χ0) is 19.6. The van der Waals surface area contributed by atoms with Crippen LogP contribution in [0.4, 0.5) is 23.2 Å². The molecule has 1 aromatic heterocycles. The Balaban J connectivity index is 1.87. The fraction of sp³-hybridized carbons (Fsp3) is 0.0526. The number of halogens is 4. The van der Waals surface area contributed by atoms with E-state index in [0.717, 1.165) is 6.07 Å². The maximum Gasteiger partial charge on any atom is 0.419 e. The second-order valence-electron chi connectivity index (χ2n) is 5.67. The van der Waals surface area contributed by atoms with Crippen molar-refractivity contribution in [2.45, 2.75) is 6.18 Å². The lowest BCUT2D eigenvalue weighted by Gasteiger charge is -2.11. The van der Waals surface area contributed by atoms with Crippen LogP contribution in [0.1, 0.15) is 15.9 Å². The van der Waals surface area contributed by atoms with Crippen molar-refractivity contribution >= 4 is 11.6 Å². The van der Waals surface area contributed by atoms with Crippen molar-refractivity contribution in [3.8, 4) is 11.1 Å². The highest BCUT2D eigenvalue weighted by molar-refractivity contribution is 6.05. The lowest BCUT2D eigenvalue weighted by Crippen LogP contribution is -2.14. The summed E-state index contributed by atoms with van der Waals surface area (Å²) in [5.74, 6) is -2.08. The van der Waals surface area contributed by atoms with Gasteiger partial charge in [0, 0.05) is 23.5 Å². The van der Waals surface area contributed by atoms with E-state index in [1.807, 2.05) is 0 Å². The Labute approximate surface area is 150 Å². The molecular weight excluding hydrogens is 364 g/mol. The number of hydrogen-bond donors (Lipinski definition) is 2. The van der Waals surface area contributed by atoms with Gasteiger partial charge in [-0.25, -0.2) is 4.39 Å². The summed E-state index contributed by atoms with van der Waals surface area (Å²) in [6.45, 7) is 0. The van der Waals surface area contributed by atoms with Crippen molar-refractivity contribution in [3.63, 3.8) is 0 Å². The molecule has 4 nitrogen and oxygen atoms in total. The van der Waals surface area contributed by atoms with E-state index in [1.165, 1.54) is 24.4 Å². The smallest absolute Gasteiger partial charge is 0.329 e.